The molecular formula is C11H18N2O2. The number of nitrogens with zero attached hydrogens (tertiary/aromatic N) is 1. The molecule has 0 radical (unpaired) electrons. The molecule has 4 heteroatoms. The van der Waals surface area contributed by atoms with Crippen molar-refractivity contribution in [3.8, 4) is 5.88 Å². The molecule has 1 unspecified atom stereocenters. The van der Waals surface area contributed by atoms with Gasteiger partial charge in [-0.2, -0.15) is 0 Å². The molecule has 0 aromatic carbocycles. The van der Waals surface area contributed by atoms with Gasteiger partial charge in [-0.15, -0.1) is 0 Å². The predicted octanol–water partition coefficient (Wildman–Crippen LogP) is 1.93. The Bertz CT molecular complexity index is 274. The van der Waals surface area contributed by atoms with E-state index in [1.54, 1.807) is 13.3 Å². The molecular weight excluding hydrogens is 192 g/mol. The fourth-order valence-corrected chi connectivity index (χ4v) is 1.28. The molecule has 0 amide bonds. The molecule has 1 rings (SSSR count). The van der Waals surface area contributed by atoms with Crippen molar-refractivity contribution < 1.29 is 9.47 Å². The van der Waals surface area contributed by atoms with E-state index in [-0.39, 0.29) is 6.04 Å². The summed E-state index contributed by atoms with van der Waals surface area (Å²) in [6.07, 6.45) is 1.76. The summed E-state index contributed by atoms with van der Waals surface area (Å²) in [7, 11) is 1.69. The van der Waals surface area contributed by atoms with Gasteiger partial charge < -0.3 is 14.8 Å². The third kappa shape index (κ3) is 4.16. The van der Waals surface area contributed by atoms with Gasteiger partial charge in [0.25, 0.3) is 0 Å². The normalized spacial score (nSPS) is 12.2. The van der Waals surface area contributed by atoms with Gasteiger partial charge in [0.05, 0.1) is 25.1 Å². The maximum Gasteiger partial charge on any atom is 0.213 e. The van der Waals surface area contributed by atoms with Crippen LogP contribution in [0.5, 0.6) is 5.88 Å². The van der Waals surface area contributed by atoms with Crippen molar-refractivity contribution in [2.24, 2.45) is 0 Å². The van der Waals surface area contributed by atoms with Crippen LogP contribution in [0.4, 0.5) is 5.69 Å². The molecule has 84 valence electrons. The SMILES string of the molecule is CCOc1ccc(NC(C)COC)cn1. The van der Waals surface area contributed by atoms with Gasteiger partial charge in [-0.25, -0.2) is 4.98 Å². The van der Waals surface area contributed by atoms with Crippen LogP contribution in [-0.2, 0) is 4.74 Å². The van der Waals surface area contributed by atoms with E-state index in [1.165, 1.54) is 0 Å². The minimum Gasteiger partial charge on any atom is -0.478 e. The summed E-state index contributed by atoms with van der Waals surface area (Å²) in [5, 5.41) is 3.27. The number of nitrogens with one attached hydrogen (secondary N) is 1. The zero-order chi connectivity index (χ0) is 11.1. The second kappa shape index (κ2) is 6.24. The van der Waals surface area contributed by atoms with Gasteiger partial charge >= 0.3 is 0 Å². The maximum atomic E-state index is 5.25. The van der Waals surface area contributed by atoms with Crippen LogP contribution in [0.2, 0.25) is 0 Å². The number of rotatable bonds is 6. The van der Waals surface area contributed by atoms with E-state index in [9.17, 15) is 0 Å². The predicted molar refractivity (Wildman–Crippen MR) is 60.4 cm³/mol. The molecule has 0 aliphatic rings. The summed E-state index contributed by atoms with van der Waals surface area (Å²) in [5.41, 5.74) is 0.975. The van der Waals surface area contributed by atoms with Gasteiger partial charge in [0.2, 0.25) is 5.88 Å². The number of anilines is 1. The summed E-state index contributed by atoms with van der Waals surface area (Å²) in [6, 6.07) is 4.07. The molecule has 15 heavy (non-hydrogen) atoms. The number of methoxy groups -OCH3 is 1. The molecule has 0 fully saturated rings. The molecule has 1 atom stereocenters. The highest BCUT2D eigenvalue weighted by molar-refractivity contribution is 5.42. The highest BCUT2D eigenvalue weighted by Gasteiger charge is 2.01. The summed E-state index contributed by atoms with van der Waals surface area (Å²) in [4.78, 5) is 4.16. The smallest absolute Gasteiger partial charge is 0.213 e. The second-order valence-corrected chi connectivity index (χ2v) is 3.32. The van der Waals surface area contributed by atoms with Gasteiger partial charge in [-0.3, -0.25) is 0 Å². The molecule has 0 bridgehead atoms. The van der Waals surface area contributed by atoms with Crippen molar-refractivity contribution in [1.29, 1.82) is 0 Å². The van der Waals surface area contributed by atoms with Crippen LogP contribution in [0.25, 0.3) is 0 Å². The average Bonchev–Trinajstić information content (AvgIpc) is 2.22. The molecule has 4 nitrogen and oxygen atoms in total. The molecule has 1 aromatic heterocycles. The lowest BCUT2D eigenvalue weighted by atomic mass is 10.3. The number of hydrogen-bond acceptors (Lipinski definition) is 4. The molecule has 0 saturated carbocycles. The Morgan fingerprint density at radius 3 is 2.80 bits per heavy atom. The first-order valence-corrected chi connectivity index (χ1v) is 5.10. The molecule has 0 aliphatic heterocycles. The molecule has 0 spiro atoms. The Balaban J connectivity index is 2.48. The second-order valence-electron chi connectivity index (χ2n) is 3.32. The Labute approximate surface area is 90.6 Å². The van der Waals surface area contributed by atoms with Gasteiger partial charge in [-0.05, 0) is 19.9 Å². The molecule has 1 N–H and O–H groups in total. The van der Waals surface area contributed by atoms with E-state index >= 15 is 0 Å². The quantitative estimate of drug-likeness (QED) is 0.779. The summed E-state index contributed by atoms with van der Waals surface area (Å²) in [5.74, 6) is 0.655. The highest BCUT2D eigenvalue weighted by atomic mass is 16.5. The van der Waals surface area contributed by atoms with Crippen molar-refractivity contribution in [3.05, 3.63) is 18.3 Å². The fraction of sp³-hybridized carbons (Fsp3) is 0.545. The van der Waals surface area contributed by atoms with Crippen molar-refractivity contribution in [3.63, 3.8) is 0 Å². The fourth-order valence-electron chi connectivity index (χ4n) is 1.28. The zero-order valence-electron chi connectivity index (χ0n) is 9.49. The number of ether oxygens (including phenoxy) is 2. The molecule has 0 aliphatic carbocycles. The first kappa shape index (κ1) is 11.8. The molecule has 1 aromatic rings. The Hall–Kier alpha value is -1.29. The third-order valence-electron chi connectivity index (χ3n) is 1.86. The van der Waals surface area contributed by atoms with Gasteiger partial charge in [0.1, 0.15) is 0 Å². The summed E-state index contributed by atoms with van der Waals surface area (Å²) in [6.45, 7) is 5.31. The third-order valence-corrected chi connectivity index (χ3v) is 1.86. The van der Waals surface area contributed by atoms with Gasteiger partial charge in [0, 0.05) is 19.2 Å². The standard InChI is InChI=1S/C11H18N2O2/c1-4-15-11-6-5-10(7-12-11)13-9(2)8-14-3/h5-7,9,13H,4,8H2,1-3H3. The molecule has 1 heterocycles. The van der Waals surface area contributed by atoms with Crippen LogP contribution in [0, 0.1) is 0 Å². The first-order chi connectivity index (χ1) is 7.26. The van der Waals surface area contributed by atoms with E-state index in [0.29, 0.717) is 19.1 Å². The summed E-state index contributed by atoms with van der Waals surface area (Å²) < 4.78 is 10.3. The van der Waals surface area contributed by atoms with Gasteiger partial charge in [-0.1, -0.05) is 0 Å². The van der Waals surface area contributed by atoms with Crippen LogP contribution in [0.15, 0.2) is 18.3 Å². The van der Waals surface area contributed by atoms with E-state index in [4.69, 9.17) is 9.47 Å². The largest absolute Gasteiger partial charge is 0.478 e. The number of pyridine rings is 1. The number of aromatic nitrogens is 1. The van der Waals surface area contributed by atoms with Crippen LogP contribution in [0.3, 0.4) is 0 Å². The van der Waals surface area contributed by atoms with Crippen molar-refractivity contribution in [1.82, 2.24) is 4.98 Å². The minimum atomic E-state index is 0.273. The number of hydrogen-bond donors (Lipinski definition) is 1. The summed E-state index contributed by atoms with van der Waals surface area (Å²) >= 11 is 0. The van der Waals surface area contributed by atoms with E-state index < -0.39 is 0 Å². The van der Waals surface area contributed by atoms with E-state index in [0.717, 1.165) is 5.69 Å². The average molecular weight is 210 g/mol. The van der Waals surface area contributed by atoms with Crippen LogP contribution >= 0.6 is 0 Å². The zero-order valence-corrected chi connectivity index (χ0v) is 9.49. The topological polar surface area (TPSA) is 43.4 Å². The monoisotopic (exact) mass is 210 g/mol. The van der Waals surface area contributed by atoms with Crippen molar-refractivity contribution in [2.75, 3.05) is 25.6 Å². The Morgan fingerprint density at radius 1 is 1.47 bits per heavy atom. The van der Waals surface area contributed by atoms with E-state index in [2.05, 4.69) is 17.2 Å². The minimum absolute atomic E-state index is 0.273. The van der Waals surface area contributed by atoms with Crippen LogP contribution < -0.4 is 10.1 Å². The van der Waals surface area contributed by atoms with Gasteiger partial charge in [0.15, 0.2) is 0 Å². The molecule has 0 saturated heterocycles. The Kier molecular flexibility index (Phi) is 4.90. The first-order valence-electron chi connectivity index (χ1n) is 5.10. The van der Waals surface area contributed by atoms with Crippen LogP contribution in [-0.4, -0.2) is 31.3 Å². The lowest BCUT2D eigenvalue weighted by molar-refractivity contribution is 0.190. The lowest BCUT2D eigenvalue weighted by Crippen LogP contribution is -2.20. The maximum absolute atomic E-state index is 5.25. The van der Waals surface area contributed by atoms with Crippen LogP contribution in [0.1, 0.15) is 13.8 Å². The Morgan fingerprint density at radius 2 is 2.27 bits per heavy atom. The van der Waals surface area contributed by atoms with Crippen molar-refractivity contribution in [2.45, 2.75) is 19.9 Å². The highest BCUT2D eigenvalue weighted by Crippen LogP contribution is 2.12. The van der Waals surface area contributed by atoms with E-state index in [1.807, 2.05) is 19.1 Å². The lowest BCUT2D eigenvalue weighted by Gasteiger charge is -2.13. The van der Waals surface area contributed by atoms with Crippen molar-refractivity contribution >= 4 is 5.69 Å².